The zero-order valence-electron chi connectivity index (χ0n) is 17.6. The SMILES string of the molecule is CCNC(=NCc1ccc(NC(=O)OC)cc1)NCc1cc(C(CC)CC)no1. The highest BCUT2D eigenvalue weighted by Crippen LogP contribution is 2.22. The molecule has 0 saturated carbocycles. The van der Waals surface area contributed by atoms with Gasteiger partial charge in [-0.05, 0) is 37.5 Å². The van der Waals surface area contributed by atoms with Gasteiger partial charge in [-0.3, -0.25) is 5.32 Å². The minimum Gasteiger partial charge on any atom is -0.453 e. The van der Waals surface area contributed by atoms with Crippen LogP contribution in [0.4, 0.5) is 10.5 Å². The largest absolute Gasteiger partial charge is 0.453 e. The number of hydrogen-bond donors (Lipinski definition) is 3. The number of anilines is 1. The maximum atomic E-state index is 11.2. The molecule has 3 N–H and O–H groups in total. The van der Waals surface area contributed by atoms with Gasteiger partial charge in [-0.25, -0.2) is 9.79 Å². The molecule has 158 valence electrons. The highest BCUT2D eigenvalue weighted by molar-refractivity contribution is 5.84. The lowest BCUT2D eigenvalue weighted by Gasteiger charge is -2.10. The Balaban J connectivity index is 1.93. The number of rotatable bonds is 9. The van der Waals surface area contributed by atoms with E-state index in [1.54, 1.807) is 0 Å². The van der Waals surface area contributed by atoms with Crippen molar-refractivity contribution in [3.8, 4) is 0 Å². The third kappa shape index (κ3) is 7.14. The number of benzene rings is 1. The first-order valence-corrected chi connectivity index (χ1v) is 10.0. The standard InChI is InChI=1S/C21H31N5O3/c1-5-16(6-2)19-12-18(29-26-19)14-24-20(22-7-3)23-13-15-8-10-17(11-9-15)25-21(27)28-4/h8-12,16H,5-7,13-14H2,1-4H3,(H,25,27)(H2,22,23,24). The average Bonchev–Trinajstić information content (AvgIpc) is 3.20. The van der Waals surface area contributed by atoms with E-state index in [4.69, 9.17) is 4.52 Å². The summed E-state index contributed by atoms with van der Waals surface area (Å²) in [6.07, 6.45) is 1.61. The van der Waals surface area contributed by atoms with Gasteiger partial charge in [0.15, 0.2) is 11.7 Å². The molecule has 1 aromatic carbocycles. The number of aliphatic imine (C=N–C) groups is 1. The fraction of sp³-hybridized carbons (Fsp3) is 0.476. The van der Waals surface area contributed by atoms with E-state index < -0.39 is 6.09 Å². The molecule has 2 rings (SSSR count). The van der Waals surface area contributed by atoms with Crippen molar-refractivity contribution in [2.75, 3.05) is 19.0 Å². The molecule has 1 aromatic heterocycles. The Morgan fingerprint density at radius 1 is 1.17 bits per heavy atom. The fourth-order valence-electron chi connectivity index (χ4n) is 2.86. The summed E-state index contributed by atoms with van der Waals surface area (Å²) in [7, 11) is 1.33. The first kappa shape index (κ1) is 22.3. The number of carbonyl (C=O) groups excluding carboxylic acids is 1. The predicted octanol–water partition coefficient (Wildman–Crippen LogP) is 4.01. The summed E-state index contributed by atoms with van der Waals surface area (Å²) >= 11 is 0. The Bertz CT molecular complexity index is 782. The number of aromatic nitrogens is 1. The van der Waals surface area contributed by atoms with Gasteiger partial charge >= 0.3 is 6.09 Å². The number of hydrogen-bond acceptors (Lipinski definition) is 5. The molecule has 29 heavy (non-hydrogen) atoms. The first-order valence-electron chi connectivity index (χ1n) is 10.0. The number of carbonyl (C=O) groups is 1. The van der Waals surface area contributed by atoms with Crippen LogP contribution in [-0.2, 0) is 17.8 Å². The van der Waals surface area contributed by atoms with Crippen LogP contribution in [0.5, 0.6) is 0 Å². The number of amides is 1. The van der Waals surface area contributed by atoms with E-state index in [9.17, 15) is 4.79 Å². The second-order valence-corrected chi connectivity index (χ2v) is 6.59. The van der Waals surface area contributed by atoms with Crippen molar-refractivity contribution in [3.63, 3.8) is 0 Å². The third-order valence-corrected chi connectivity index (χ3v) is 4.56. The molecule has 0 aliphatic heterocycles. The third-order valence-electron chi connectivity index (χ3n) is 4.56. The molecule has 0 radical (unpaired) electrons. The molecule has 0 fully saturated rings. The van der Waals surface area contributed by atoms with E-state index in [0.29, 0.717) is 30.7 Å². The molecule has 0 aliphatic rings. The Morgan fingerprint density at radius 2 is 1.90 bits per heavy atom. The normalized spacial score (nSPS) is 11.4. The lowest BCUT2D eigenvalue weighted by molar-refractivity contribution is 0.187. The molecule has 0 aliphatic carbocycles. The molecule has 8 heteroatoms. The smallest absolute Gasteiger partial charge is 0.411 e. The van der Waals surface area contributed by atoms with Crippen LogP contribution in [0, 0.1) is 0 Å². The van der Waals surface area contributed by atoms with Crippen LogP contribution in [0.3, 0.4) is 0 Å². The van der Waals surface area contributed by atoms with Crippen molar-refractivity contribution in [2.45, 2.75) is 52.6 Å². The molecule has 0 unspecified atom stereocenters. The highest BCUT2D eigenvalue weighted by atomic mass is 16.5. The van der Waals surface area contributed by atoms with Crippen molar-refractivity contribution >= 4 is 17.7 Å². The van der Waals surface area contributed by atoms with E-state index in [-0.39, 0.29) is 0 Å². The summed E-state index contributed by atoms with van der Waals surface area (Å²) in [6, 6.07) is 9.47. The molecule has 8 nitrogen and oxygen atoms in total. The van der Waals surface area contributed by atoms with Crippen LogP contribution in [0.25, 0.3) is 0 Å². The van der Waals surface area contributed by atoms with Crippen molar-refractivity contribution in [1.82, 2.24) is 15.8 Å². The van der Waals surface area contributed by atoms with Crippen LogP contribution < -0.4 is 16.0 Å². The Morgan fingerprint density at radius 3 is 2.52 bits per heavy atom. The second-order valence-electron chi connectivity index (χ2n) is 6.59. The minimum absolute atomic E-state index is 0.436. The van der Waals surface area contributed by atoms with E-state index in [1.165, 1.54) is 7.11 Å². The van der Waals surface area contributed by atoms with Gasteiger partial charge in [-0.1, -0.05) is 31.1 Å². The van der Waals surface area contributed by atoms with Crippen molar-refractivity contribution in [1.29, 1.82) is 0 Å². The Hall–Kier alpha value is -3.03. The zero-order valence-corrected chi connectivity index (χ0v) is 17.6. The Labute approximate surface area is 172 Å². The molecule has 0 spiro atoms. The van der Waals surface area contributed by atoms with Gasteiger partial charge in [-0.15, -0.1) is 0 Å². The van der Waals surface area contributed by atoms with Gasteiger partial charge in [0.2, 0.25) is 0 Å². The Kier molecular flexibility index (Phi) is 9.01. The molecular weight excluding hydrogens is 370 g/mol. The van der Waals surface area contributed by atoms with Crippen LogP contribution in [-0.4, -0.2) is 30.9 Å². The number of nitrogens with zero attached hydrogens (tertiary/aromatic N) is 2. The summed E-state index contributed by atoms with van der Waals surface area (Å²) in [5, 5.41) is 13.3. The average molecular weight is 402 g/mol. The monoisotopic (exact) mass is 401 g/mol. The van der Waals surface area contributed by atoms with Crippen LogP contribution >= 0.6 is 0 Å². The number of methoxy groups -OCH3 is 1. The topological polar surface area (TPSA) is 101 Å². The van der Waals surface area contributed by atoms with E-state index >= 15 is 0 Å². The lowest BCUT2D eigenvalue weighted by Crippen LogP contribution is -2.36. The fourth-order valence-corrected chi connectivity index (χ4v) is 2.86. The minimum atomic E-state index is -0.492. The lowest BCUT2D eigenvalue weighted by atomic mass is 9.99. The van der Waals surface area contributed by atoms with Gasteiger partial charge in [-0.2, -0.15) is 0 Å². The highest BCUT2D eigenvalue weighted by Gasteiger charge is 2.13. The molecule has 0 saturated heterocycles. The first-order chi connectivity index (χ1) is 14.1. The van der Waals surface area contributed by atoms with Crippen LogP contribution in [0.15, 0.2) is 39.8 Å². The second kappa shape index (κ2) is 11.7. The molecule has 1 amide bonds. The summed E-state index contributed by atoms with van der Waals surface area (Å²) in [5.74, 6) is 1.92. The number of ether oxygens (including phenoxy) is 1. The summed E-state index contributed by atoms with van der Waals surface area (Å²) in [4.78, 5) is 15.8. The van der Waals surface area contributed by atoms with Gasteiger partial charge < -0.3 is 19.9 Å². The van der Waals surface area contributed by atoms with Crippen LogP contribution in [0.2, 0.25) is 0 Å². The van der Waals surface area contributed by atoms with Crippen molar-refractivity contribution in [3.05, 3.63) is 47.3 Å². The molecule has 0 bridgehead atoms. The summed E-state index contributed by atoms with van der Waals surface area (Å²) < 4.78 is 10.0. The molecule has 2 aromatic rings. The van der Waals surface area contributed by atoms with Crippen molar-refractivity contribution in [2.24, 2.45) is 4.99 Å². The predicted molar refractivity (Wildman–Crippen MR) is 114 cm³/mol. The molecule has 0 atom stereocenters. The summed E-state index contributed by atoms with van der Waals surface area (Å²) in [5.41, 5.74) is 2.70. The van der Waals surface area contributed by atoms with E-state index in [2.05, 4.69) is 44.7 Å². The zero-order chi connectivity index (χ0) is 21.1. The summed E-state index contributed by atoms with van der Waals surface area (Å²) in [6.45, 7) is 8.11. The van der Waals surface area contributed by atoms with Crippen LogP contribution in [0.1, 0.15) is 56.5 Å². The number of guanidine groups is 1. The maximum absolute atomic E-state index is 11.2. The molecular formula is C21H31N5O3. The number of nitrogens with one attached hydrogen (secondary N) is 3. The van der Waals surface area contributed by atoms with Gasteiger partial charge in [0.1, 0.15) is 0 Å². The van der Waals surface area contributed by atoms with Gasteiger partial charge in [0, 0.05) is 24.2 Å². The van der Waals surface area contributed by atoms with Crippen molar-refractivity contribution < 1.29 is 14.1 Å². The quantitative estimate of drug-likeness (QED) is 0.433. The van der Waals surface area contributed by atoms with Gasteiger partial charge in [0.05, 0.1) is 25.9 Å². The maximum Gasteiger partial charge on any atom is 0.411 e. The van der Waals surface area contributed by atoms with Gasteiger partial charge in [0.25, 0.3) is 0 Å². The molecule has 1 heterocycles. The van der Waals surface area contributed by atoms with E-state index in [0.717, 1.165) is 36.4 Å². The van der Waals surface area contributed by atoms with E-state index in [1.807, 2.05) is 37.3 Å².